The maximum Gasteiger partial charge on any atom is 0.137 e. The topological polar surface area (TPSA) is 45.0 Å². The van der Waals surface area contributed by atoms with Gasteiger partial charge in [-0.25, -0.2) is 0 Å². The lowest BCUT2D eigenvalue weighted by molar-refractivity contribution is 0.415. The number of nitriles is 1. The van der Waals surface area contributed by atoms with E-state index in [1.807, 2.05) is 18.2 Å². The summed E-state index contributed by atoms with van der Waals surface area (Å²) in [4.78, 5) is 0. The molecule has 0 radical (unpaired) electrons. The summed E-state index contributed by atoms with van der Waals surface area (Å²) in [5, 5.41) is 12.7. The molecule has 0 amide bonds. The Kier molecular flexibility index (Phi) is 2.93. The Morgan fingerprint density at radius 2 is 2.31 bits per heavy atom. The summed E-state index contributed by atoms with van der Waals surface area (Å²) in [6.45, 7) is 0.687. The van der Waals surface area contributed by atoms with Crippen LogP contribution in [0.15, 0.2) is 18.2 Å². The van der Waals surface area contributed by atoms with Gasteiger partial charge in [-0.1, -0.05) is 11.6 Å². The number of rotatable bonds is 4. The maximum absolute atomic E-state index is 8.94. The van der Waals surface area contributed by atoms with Crippen molar-refractivity contribution < 1.29 is 4.74 Å². The van der Waals surface area contributed by atoms with E-state index >= 15 is 0 Å². The molecule has 0 spiro atoms. The number of ether oxygens (including phenoxy) is 1. The molecule has 1 fully saturated rings. The lowest BCUT2D eigenvalue weighted by Gasteiger charge is -2.11. The van der Waals surface area contributed by atoms with Crippen molar-refractivity contribution >= 4 is 17.3 Å². The van der Waals surface area contributed by atoms with Gasteiger partial charge in [0.15, 0.2) is 0 Å². The van der Waals surface area contributed by atoms with E-state index in [4.69, 9.17) is 21.6 Å². The van der Waals surface area contributed by atoms with Crippen LogP contribution in [-0.4, -0.2) is 13.7 Å². The van der Waals surface area contributed by atoms with Crippen molar-refractivity contribution in [2.45, 2.75) is 12.8 Å². The Bertz CT molecular complexity index is 435. The van der Waals surface area contributed by atoms with Crippen LogP contribution >= 0.6 is 11.6 Å². The molecule has 0 atom stereocenters. The summed E-state index contributed by atoms with van der Waals surface area (Å²) in [6, 6.07) is 7.87. The molecule has 1 aromatic carbocycles. The Balaban J connectivity index is 2.00. The minimum Gasteiger partial charge on any atom is -0.495 e. The third-order valence-electron chi connectivity index (χ3n) is 2.87. The number of nitrogens with one attached hydrogen (secondary N) is 1. The lowest BCUT2D eigenvalue weighted by Crippen LogP contribution is -2.13. The molecule has 16 heavy (non-hydrogen) atoms. The first-order valence-electron chi connectivity index (χ1n) is 5.18. The summed E-state index contributed by atoms with van der Waals surface area (Å²) < 4.78 is 5.07. The molecule has 1 aliphatic carbocycles. The third kappa shape index (κ3) is 2.23. The third-order valence-corrected chi connectivity index (χ3v) is 3.17. The highest BCUT2D eigenvalue weighted by molar-refractivity contribution is 6.32. The van der Waals surface area contributed by atoms with Gasteiger partial charge in [0.05, 0.1) is 23.6 Å². The van der Waals surface area contributed by atoms with Crippen molar-refractivity contribution in [1.29, 1.82) is 5.26 Å². The Hall–Kier alpha value is -1.40. The smallest absolute Gasteiger partial charge is 0.137 e. The molecule has 0 unspecified atom stereocenters. The Morgan fingerprint density at radius 3 is 2.81 bits per heavy atom. The fraction of sp³-hybridized carbons (Fsp3) is 0.417. The van der Waals surface area contributed by atoms with E-state index in [2.05, 4.69) is 11.4 Å². The highest BCUT2D eigenvalue weighted by Gasteiger charge is 2.42. The van der Waals surface area contributed by atoms with Crippen LogP contribution in [0.2, 0.25) is 5.02 Å². The quantitative estimate of drug-likeness (QED) is 0.874. The van der Waals surface area contributed by atoms with Crippen molar-refractivity contribution in [2.24, 2.45) is 5.41 Å². The standard InChI is InChI=1S/C12H13ClN2O/c1-16-11-3-2-9(6-10(11)13)15-8-12(7-14)4-5-12/h2-3,6,15H,4-5,8H2,1H3. The first-order valence-corrected chi connectivity index (χ1v) is 5.56. The second-order valence-electron chi connectivity index (χ2n) is 4.10. The van der Waals surface area contributed by atoms with Gasteiger partial charge in [0.2, 0.25) is 0 Å². The molecule has 2 rings (SSSR count). The Morgan fingerprint density at radius 1 is 1.56 bits per heavy atom. The van der Waals surface area contributed by atoms with Crippen molar-refractivity contribution in [3.05, 3.63) is 23.2 Å². The fourth-order valence-corrected chi connectivity index (χ4v) is 1.78. The van der Waals surface area contributed by atoms with Crippen molar-refractivity contribution in [3.8, 4) is 11.8 Å². The number of nitrogens with zero attached hydrogens (tertiary/aromatic N) is 1. The van der Waals surface area contributed by atoms with Crippen molar-refractivity contribution in [3.63, 3.8) is 0 Å². The first kappa shape index (κ1) is 11.1. The minimum atomic E-state index is -0.146. The van der Waals surface area contributed by atoms with Crippen molar-refractivity contribution in [2.75, 3.05) is 19.0 Å². The van der Waals surface area contributed by atoms with Crippen molar-refractivity contribution in [1.82, 2.24) is 0 Å². The molecule has 0 saturated heterocycles. The summed E-state index contributed by atoms with van der Waals surface area (Å²) in [6.07, 6.45) is 1.97. The van der Waals surface area contributed by atoms with E-state index in [-0.39, 0.29) is 5.41 Å². The van der Waals surface area contributed by atoms with Gasteiger partial charge >= 0.3 is 0 Å². The van der Waals surface area contributed by atoms with Gasteiger partial charge < -0.3 is 10.1 Å². The lowest BCUT2D eigenvalue weighted by atomic mass is 10.1. The summed E-state index contributed by atoms with van der Waals surface area (Å²) >= 11 is 6.00. The van der Waals surface area contributed by atoms with Crippen LogP contribution in [0.1, 0.15) is 12.8 Å². The van der Waals surface area contributed by atoms with E-state index in [1.54, 1.807) is 7.11 Å². The molecule has 4 heteroatoms. The molecule has 84 valence electrons. The van der Waals surface area contributed by atoms with Crippen LogP contribution in [0.4, 0.5) is 5.69 Å². The average molecular weight is 237 g/mol. The van der Waals surface area contributed by atoms with Crippen LogP contribution in [0.25, 0.3) is 0 Å². The molecule has 1 aliphatic rings. The van der Waals surface area contributed by atoms with Gasteiger partial charge in [-0.2, -0.15) is 5.26 Å². The summed E-state index contributed by atoms with van der Waals surface area (Å²) in [5.41, 5.74) is 0.777. The molecule has 0 heterocycles. The predicted molar refractivity (Wildman–Crippen MR) is 63.8 cm³/mol. The number of methoxy groups -OCH3 is 1. The molecular formula is C12H13ClN2O. The fourth-order valence-electron chi connectivity index (χ4n) is 1.53. The second-order valence-corrected chi connectivity index (χ2v) is 4.50. The van der Waals surface area contributed by atoms with Gasteiger partial charge in [-0.05, 0) is 31.0 Å². The van der Waals surface area contributed by atoms with E-state index in [9.17, 15) is 0 Å². The van der Waals surface area contributed by atoms with Crippen LogP contribution in [0, 0.1) is 16.7 Å². The molecule has 3 nitrogen and oxygen atoms in total. The maximum atomic E-state index is 8.94. The van der Waals surface area contributed by atoms with E-state index in [1.165, 1.54) is 0 Å². The molecule has 1 saturated carbocycles. The largest absolute Gasteiger partial charge is 0.495 e. The molecule has 0 aliphatic heterocycles. The Labute approximate surface area is 100.0 Å². The van der Waals surface area contributed by atoms with Gasteiger partial charge in [0, 0.05) is 12.2 Å². The second kappa shape index (κ2) is 4.23. The molecule has 0 aromatic heterocycles. The monoisotopic (exact) mass is 236 g/mol. The number of hydrogen-bond acceptors (Lipinski definition) is 3. The van der Waals surface area contributed by atoms with Crippen LogP contribution in [0.3, 0.4) is 0 Å². The zero-order chi connectivity index (χ0) is 11.6. The molecular weight excluding hydrogens is 224 g/mol. The van der Waals surface area contributed by atoms with Crippen LogP contribution in [-0.2, 0) is 0 Å². The van der Waals surface area contributed by atoms with E-state index < -0.39 is 0 Å². The van der Waals surface area contributed by atoms with Gasteiger partial charge in [-0.3, -0.25) is 0 Å². The van der Waals surface area contributed by atoms with E-state index in [0.717, 1.165) is 18.5 Å². The van der Waals surface area contributed by atoms with Crippen LogP contribution < -0.4 is 10.1 Å². The minimum absolute atomic E-state index is 0.146. The van der Waals surface area contributed by atoms with Gasteiger partial charge in [-0.15, -0.1) is 0 Å². The number of hydrogen-bond donors (Lipinski definition) is 1. The van der Waals surface area contributed by atoms with Gasteiger partial charge in [0.1, 0.15) is 5.75 Å². The zero-order valence-corrected chi connectivity index (χ0v) is 9.84. The molecule has 0 bridgehead atoms. The summed E-state index contributed by atoms with van der Waals surface area (Å²) in [7, 11) is 1.59. The molecule has 1 N–H and O–H groups in total. The highest BCUT2D eigenvalue weighted by atomic mass is 35.5. The number of halogens is 1. The number of anilines is 1. The normalized spacial score (nSPS) is 16.3. The number of benzene rings is 1. The van der Waals surface area contributed by atoms with E-state index in [0.29, 0.717) is 17.3 Å². The first-order chi connectivity index (χ1) is 7.69. The SMILES string of the molecule is COc1ccc(NCC2(C#N)CC2)cc1Cl. The highest BCUT2D eigenvalue weighted by Crippen LogP contribution is 2.44. The van der Waals surface area contributed by atoms with Crippen LogP contribution in [0.5, 0.6) is 5.75 Å². The van der Waals surface area contributed by atoms with Gasteiger partial charge in [0.25, 0.3) is 0 Å². The molecule has 1 aromatic rings. The predicted octanol–water partition coefficient (Wildman–Crippen LogP) is 3.06. The zero-order valence-electron chi connectivity index (χ0n) is 9.09. The summed E-state index contributed by atoms with van der Waals surface area (Å²) in [5.74, 6) is 0.661. The average Bonchev–Trinajstić information content (AvgIpc) is 3.07.